The van der Waals surface area contributed by atoms with Gasteiger partial charge in [-0.25, -0.2) is 0 Å². The molecule has 6 heteroatoms. The normalized spacial score (nSPS) is 21.8. The molecular weight excluding hydrogens is 376 g/mol. The van der Waals surface area contributed by atoms with Crippen molar-refractivity contribution < 1.29 is 9.53 Å². The SMILES string of the molecule is COCCN=C1Nc2ccccc2N[C@]12CCCN(C(=O)Cc1cccc(C)c1)C2. The lowest BCUT2D eigenvalue weighted by molar-refractivity contribution is -0.131. The third kappa shape index (κ3) is 4.33. The molecule has 1 saturated heterocycles. The number of likely N-dealkylation sites (tertiary alicyclic amines) is 1. The summed E-state index contributed by atoms with van der Waals surface area (Å²) in [6.07, 6.45) is 2.28. The fourth-order valence-electron chi connectivity index (χ4n) is 4.38. The summed E-state index contributed by atoms with van der Waals surface area (Å²) in [6.45, 7) is 4.59. The molecule has 2 N–H and O–H groups in total. The highest BCUT2D eigenvalue weighted by Crippen LogP contribution is 2.36. The maximum atomic E-state index is 13.1. The quantitative estimate of drug-likeness (QED) is 0.746. The molecule has 1 spiro atoms. The Morgan fingerprint density at radius 1 is 1.20 bits per heavy atom. The van der Waals surface area contributed by atoms with E-state index in [1.165, 1.54) is 5.56 Å². The number of anilines is 2. The number of amides is 1. The second-order valence-electron chi connectivity index (χ2n) is 8.19. The number of methoxy groups -OCH3 is 1. The van der Waals surface area contributed by atoms with E-state index >= 15 is 0 Å². The smallest absolute Gasteiger partial charge is 0.227 e. The van der Waals surface area contributed by atoms with Crippen molar-refractivity contribution in [1.29, 1.82) is 0 Å². The van der Waals surface area contributed by atoms with Gasteiger partial charge in [0.15, 0.2) is 0 Å². The van der Waals surface area contributed by atoms with Gasteiger partial charge >= 0.3 is 0 Å². The highest BCUT2D eigenvalue weighted by molar-refractivity contribution is 6.10. The summed E-state index contributed by atoms with van der Waals surface area (Å²) in [5.41, 5.74) is 3.91. The Morgan fingerprint density at radius 2 is 2.03 bits per heavy atom. The molecule has 0 unspecified atom stereocenters. The zero-order valence-corrected chi connectivity index (χ0v) is 17.8. The third-order valence-electron chi connectivity index (χ3n) is 5.86. The average Bonchev–Trinajstić information content (AvgIpc) is 2.74. The molecule has 2 heterocycles. The van der Waals surface area contributed by atoms with Gasteiger partial charge in [0.1, 0.15) is 11.4 Å². The van der Waals surface area contributed by atoms with Crippen molar-refractivity contribution in [3.8, 4) is 0 Å². The van der Waals surface area contributed by atoms with E-state index < -0.39 is 5.54 Å². The maximum absolute atomic E-state index is 13.1. The van der Waals surface area contributed by atoms with E-state index in [1.54, 1.807) is 7.11 Å². The second-order valence-corrected chi connectivity index (χ2v) is 8.19. The standard InChI is InChI=1S/C24H30N4O2/c1-18-7-5-8-19(15-18)16-22(29)28-13-6-11-24(17-28)23(25-12-14-30-2)26-20-9-3-4-10-21(20)27-24/h3-5,7-10,15,27H,6,11-14,16-17H2,1-2H3,(H,25,26)/t24-/m0/s1. The molecule has 2 aromatic carbocycles. The number of aryl methyl sites for hydroxylation is 1. The predicted octanol–water partition coefficient (Wildman–Crippen LogP) is 3.48. The number of carbonyl (C=O) groups is 1. The van der Waals surface area contributed by atoms with Crippen LogP contribution in [-0.2, 0) is 16.0 Å². The lowest BCUT2D eigenvalue weighted by Gasteiger charge is -2.47. The van der Waals surface area contributed by atoms with Crippen molar-refractivity contribution in [3.05, 3.63) is 59.7 Å². The molecule has 6 nitrogen and oxygen atoms in total. The van der Waals surface area contributed by atoms with Gasteiger partial charge in [-0.2, -0.15) is 0 Å². The molecule has 2 aromatic rings. The van der Waals surface area contributed by atoms with E-state index in [1.807, 2.05) is 35.2 Å². The molecule has 158 valence electrons. The summed E-state index contributed by atoms with van der Waals surface area (Å²) in [6, 6.07) is 16.3. The van der Waals surface area contributed by atoms with Crippen LogP contribution in [0.1, 0.15) is 24.0 Å². The molecule has 1 atom stereocenters. The number of aliphatic imine (C=N–C) groups is 1. The van der Waals surface area contributed by atoms with Crippen LogP contribution in [0.5, 0.6) is 0 Å². The number of nitrogens with zero attached hydrogens (tertiary/aromatic N) is 2. The molecule has 2 aliphatic rings. The Labute approximate surface area is 178 Å². The summed E-state index contributed by atoms with van der Waals surface area (Å²) >= 11 is 0. The number of ether oxygens (including phenoxy) is 1. The molecule has 30 heavy (non-hydrogen) atoms. The minimum Gasteiger partial charge on any atom is -0.383 e. The fraction of sp³-hybridized carbons (Fsp3) is 0.417. The van der Waals surface area contributed by atoms with Crippen LogP contribution in [0.3, 0.4) is 0 Å². The van der Waals surface area contributed by atoms with Crippen molar-refractivity contribution in [1.82, 2.24) is 4.90 Å². The van der Waals surface area contributed by atoms with Gasteiger partial charge in [0.05, 0.1) is 37.5 Å². The van der Waals surface area contributed by atoms with Gasteiger partial charge in [-0.15, -0.1) is 0 Å². The second kappa shape index (κ2) is 8.88. The lowest BCUT2D eigenvalue weighted by atomic mass is 9.85. The minimum absolute atomic E-state index is 0.163. The Kier molecular flexibility index (Phi) is 6.04. The number of para-hydroxylation sites is 2. The molecule has 1 fully saturated rings. The van der Waals surface area contributed by atoms with Crippen LogP contribution < -0.4 is 10.6 Å². The number of rotatable bonds is 5. The number of carbonyl (C=O) groups excluding carboxylic acids is 1. The van der Waals surface area contributed by atoms with Crippen LogP contribution in [0.4, 0.5) is 11.4 Å². The zero-order valence-electron chi connectivity index (χ0n) is 17.8. The van der Waals surface area contributed by atoms with Crippen molar-refractivity contribution in [3.63, 3.8) is 0 Å². The summed E-state index contributed by atoms with van der Waals surface area (Å²) in [5, 5.41) is 7.25. The summed E-state index contributed by atoms with van der Waals surface area (Å²) < 4.78 is 5.19. The van der Waals surface area contributed by atoms with Crippen LogP contribution in [-0.4, -0.2) is 55.5 Å². The summed E-state index contributed by atoms with van der Waals surface area (Å²) in [4.78, 5) is 19.9. The van der Waals surface area contributed by atoms with Gasteiger partial charge in [-0.1, -0.05) is 42.0 Å². The number of fused-ring (bicyclic) bond motifs is 1. The highest BCUT2D eigenvalue weighted by Gasteiger charge is 2.44. The summed E-state index contributed by atoms with van der Waals surface area (Å²) in [5.74, 6) is 1.06. The van der Waals surface area contributed by atoms with E-state index in [0.717, 1.165) is 42.2 Å². The van der Waals surface area contributed by atoms with E-state index in [2.05, 4.69) is 35.8 Å². The third-order valence-corrected chi connectivity index (χ3v) is 5.86. The van der Waals surface area contributed by atoms with Gasteiger partial charge in [0.2, 0.25) is 5.91 Å². The first-order valence-electron chi connectivity index (χ1n) is 10.6. The van der Waals surface area contributed by atoms with Crippen molar-refractivity contribution in [2.45, 2.75) is 31.7 Å². The number of hydrogen-bond donors (Lipinski definition) is 2. The molecule has 0 saturated carbocycles. The number of hydrogen-bond acceptors (Lipinski definition) is 4. The van der Waals surface area contributed by atoms with E-state index in [9.17, 15) is 4.79 Å². The van der Waals surface area contributed by atoms with E-state index in [-0.39, 0.29) is 5.91 Å². The Morgan fingerprint density at radius 3 is 2.83 bits per heavy atom. The topological polar surface area (TPSA) is 66.0 Å². The lowest BCUT2D eigenvalue weighted by Crippen LogP contribution is -2.62. The Bertz CT molecular complexity index is 942. The van der Waals surface area contributed by atoms with Crippen LogP contribution in [0.2, 0.25) is 0 Å². The average molecular weight is 407 g/mol. The largest absolute Gasteiger partial charge is 0.383 e. The number of amidine groups is 1. The fourth-order valence-corrected chi connectivity index (χ4v) is 4.38. The summed E-state index contributed by atoms with van der Waals surface area (Å²) in [7, 11) is 1.68. The molecule has 0 aliphatic carbocycles. The first-order chi connectivity index (χ1) is 14.6. The van der Waals surface area contributed by atoms with Crippen molar-refractivity contribution in [2.75, 3.05) is 44.0 Å². The molecular formula is C24H30N4O2. The Hall–Kier alpha value is -2.86. The molecule has 0 radical (unpaired) electrons. The number of piperidine rings is 1. The van der Waals surface area contributed by atoms with E-state index in [0.29, 0.717) is 26.1 Å². The molecule has 0 bridgehead atoms. The van der Waals surface area contributed by atoms with Gasteiger partial charge in [0.25, 0.3) is 0 Å². The van der Waals surface area contributed by atoms with Gasteiger partial charge in [0, 0.05) is 13.7 Å². The van der Waals surface area contributed by atoms with Crippen LogP contribution in [0, 0.1) is 6.92 Å². The molecule has 2 aliphatic heterocycles. The van der Waals surface area contributed by atoms with Gasteiger partial charge in [-0.05, 0) is 37.5 Å². The first-order valence-corrected chi connectivity index (χ1v) is 10.6. The zero-order chi connectivity index (χ0) is 21.0. The van der Waals surface area contributed by atoms with Crippen LogP contribution >= 0.6 is 0 Å². The van der Waals surface area contributed by atoms with Gasteiger partial charge in [-0.3, -0.25) is 9.79 Å². The monoisotopic (exact) mass is 406 g/mol. The minimum atomic E-state index is -0.400. The number of benzene rings is 2. The Balaban J connectivity index is 1.57. The highest BCUT2D eigenvalue weighted by atomic mass is 16.5. The first kappa shape index (κ1) is 20.4. The van der Waals surface area contributed by atoms with Crippen molar-refractivity contribution in [2.24, 2.45) is 4.99 Å². The predicted molar refractivity (Wildman–Crippen MR) is 121 cm³/mol. The van der Waals surface area contributed by atoms with Crippen molar-refractivity contribution >= 4 is 23.1 Å². The van der Waals surface area contributed by atoms with E-state index in [4.69, 9.17) is 9.73 Å². The maximum Gasteiger partial charge on any atom is 0.227 e. The molecule has 4 rings (SSSR count). The van der Waals surface area contributed by atoms with Gasteiger partial charge < -0.3 is 20.3 Å². The number of nitrogens with one attached hydrogen (secondary N) is 2. The molecule has 0 aromatic heterocycles. The molecule has 1 amide bonds. The van der Waals surface area contributed by atoms with Crippen LogP contribution in [0.15, 0.2) is 53.5 Å². The van der Waals surface area contributed by atoms with Crippen LogP contribution in [0.25, 0.3) is 0 Å².